The minimum absolute atomic E-state index is 0.0343. The van der Waals surface area contributed by atoms with Crippen molar-refractivity contribution >= 4 is 5.91 Å². The SMILES string of the molecule is Cc1cccnc1CC(=O)NCc1cn[nH]c1. The zero-order chi connectivity index (χ0) is 12.1. The van der Waals surface area contributed by atoms with E-state index < -0.39 is 0 Å². The molecule has 1 amide bonds. The number of nitrogens with one attached hydrogen (secondary N) is 2. The first-order valence-corrected chi connectivity index (χ1v) is 5.40. The Morgan fingerprint density at radius 1 is 1.53 bits per heavy atom. The number of H-pyrrole nitrogens is 1. The topological polar surface area (TPSA) is 70.7 Å². The maximum Gasteiger partial charge on any atom is 0.226 e. The molecule has 5 heteroatoms. The molecule has 0 aliphatic carbocycles. The molecular formula is C12H14N4O. The fraction of sp³-hybridized carbons (Fsp3) is 0.250. The van der Waals surface area contributed by atoms with Crippen LogP contribution in [0.2, 0.25) is 0 Å². The minimum atomic E-state index is -0.0343. The fourth-order valence-corrected chi connectivity index (χ4v) is 1.49. The van der Waals surface area contributed by atoms with Gasteiger partial charge in [0.15, 0.2) is 0 Å². The summed E-state index contributed by atoms with van der Waals surface area (Å²) in [5.74, 6) is -0.0343. The van der Waals surface area contributed by atoms with E-state index in [1.807, 2.05) is 19.1 Å². The van der Waals surface area contributed by atoms with Crippen LogP contribution in [0.25, 0.3) is 0 Å². The molecule has 2 aromatic rings. The minimum Gasteiger partial charge on any atom is -0.352 e. The maximum absolute atomic E-state index is 11.7. The number of carbonyl (C=O) groups excluding carboxylic acids is 1. The van der Waals surface area contributed by atoms with E-state index >= 15 is 0 Å². The number of hydrogen-bond acceptors (Lipinski definition) is 3. The molecule has 2 N–H and O–H groups in total. The third-order valence-electron chi connectivity index (χ3n) is 2.49. The van der Waals surface area contributed by atoms with Crippen LogP contribution in [0, 0.1) is 6.92 Å². The number of aryl methyl sites for hydroxylation is 1. The van der Waals surface area contributed by atoms with Gasteiger partial charge in [0.05, 0.1) is 18.3 Å². The molecule has 0 saturated heterocycles. The van der Waals surface area contributed by atoms with Gasteiger partial charge < -0.3 is 5.32 Å². The quantitative estimate of drug-likeness (QED) is 0.822. The van der Waals surface area contributed by atoms with Crippen LogP contribution < -0.4 is 5.32 Å². The maximum atomic E-state index is 11.7. The monoisotopic (exact) mass is 230 g/mol. The van der Waals surface area contributed by atoms with E-state index in [1.54, 1.807) is 18.6 Å². The number of aromatic nitrogens is 3. The van der Waals surface area contributed by atoms with Crippen molar-refractivity contribution in [3.63, 3.8) is 0 Å². The Morgan fingerprint density at radius 3 is 3.12 bits per heavy atom. The molecule has 0 radical (unpaired) electrons. The van der Waals surface area contributed by atoms with E-state index in [0.29, 0.717) is 13.0 Å². The summed E-state index contributed by atoms with van der Waals surface area (Å²) in [6.07, 6.45) is 5.45. The van der Waals surface area contributed by atoms with Crippen LogP contribution in [0.3, 0.4) is 0 Å². The smallest absolute Gasteiger partial charge is 0.226 e. The Hall–Kier alpha value is -2.17. The summed E-state index contributed by atoms with van der Waals surface area (Å²) in [5.41, 5.74) is 2.80. The molecule has 0 fully saturated rings. The molecule has 0 bridgehead atoms. The molecule has 88 valence electrons. The number of pyridine rings is 1. The average molecular weight is 230 g/mol. The number of aromatic amines is 1. The number of nitrogens with zero attached hydrogens (tertiary/aromatic N) is 2. The highest BCUT2D eigenvalue weighted by molar-refractivity contribution is 5.78. The van der Waals surface area contributed by atoms with Gasteiger partial charge in [-0.15, -0.1) is 0 Å². The Labute approximate surface area is 99.3 Å². The van der Waals surface area contributed by atoms with Gasteiger partial charge in [-0.2, -0.15) is 5.10 Å². The summed E-state index contributed by atoms with van der Waals surface area (Å²) >= 11 is 0. The van der Waals surface area contributed by atoms with Crippen LogP contribution in [0.5, 0.6) is 0 Å². The van der Waals surface area contributed by atoms with Crippen molar-refractivity contribution in [2.45, 2.75) is 19.9 Å². The first-order chi connectivity index (χ1) is 8.25. The van der Waals surface area contributed by atoms with Crippen LogP contribution in [-0.4, -0.2) is 21.1 Å². The van der Waals surface area contributed by atoms with Gasteiger partial charge in [-0.05, 0) is 18.6 Å². The lowest BCUT2D eigenvalue weighted by Gasteiger charge is -2.05. The molecule has 0 atom stereocenters. The Kier molecular flexibility index (Phi) is 3.49. The van der Waals surface area contributed by atoms with Gasteiger partial charge in [0, 0.05) is 24.5 Å². The zero-order valence-electron chi connectivity index (χ0n) is 9.60. The van der Waals surface area contributed by atoms with Gasteiger partial charge in [-0.1, -0.05) is 6.07 Å². The lowest BCUT2D eigenvalue weighted by Crippen LogP contribution is -2.25. The second-order valence-electron chi connectivity index (χ2n) is 3.83. The number of rotatable bonds is 4. The summed E-state index contributed by atoms with van der Waals surface area (Å²) in [4.78, 5) is 15.9. The van der Waals surface area contributed by atoms with Crippen molar-refractivity contribution in [2.75, 3.05) is 0 Å². The Morgan fingerprint density at radius 2 is 2.41 bits per heavy atom. The Balaban J connectivity index is 1.87. The number of hydrogen-bond donors (Lipinski definition) is 2. The van der Waals surface area contributed by atoms with Crippen LogP contribution in [-0.2, 0) is 17.8 Å². The molecule has 5 nitrogen and oxygen atoms in total. The van der Waals surface area contributed by atoms with Gasteiger partial charge in [0.2, 0.25) is 5.91 Å². The molecule has 0 saturated carbocycles. The molecule has 0 aliphatic rings. The standard InChI is InChI=1S/C12H14N4O/c1-9-3-2-4-13-11(9)5-12(17)14-6-10-7-15-16-8-10/h2-4,7-8H,5-6H2,1H3,(H,14,17)(H,15,16). The van der Waals surface area contributed by atoms with Gasteiger partial charge in [0.25, 0.3) is 0 Å². The van der Waals surface area contributed by atoms with Crippen molar-refractivity contribution in [3.05, 3.63) is 47.5 Å². The molecular weight excluding hydrogens is 216 g/mol. The molecule has 2 aromatic heterocycles. The first kappa shape index (κ1) is 11.3. The highest BCUT2D eigenvalue weighted by atomic mass is 16.1. The lowest BCUT2D eigenvalue weighted by atomic mass is 10.1. The highest BCUT2D eigenvalue weighted by Crippen LogP contribution is 2.03. The summed E-state index contributed by atoms with van der Waals surface area (Å²) in [6, 6.07) is 3.81. The predicted molar refractivity (Wildman–Crippen MR) is 63.1 cm³/mol. The van der Waals surface area contributed by atoms with Crippen molar-refractivity contribution in [1.82, 2.24) is 20.5 Å². The summed E-state index contributed by atoms with van der Waals surface area (Å²) in [7, 11) is 0. The first-order valence-electron chi connectivity index (χ1n) is 5.40. The predicted octanol–water partition coefficient (Wildman–Crippen LogP) is 0.972. The van der Waals surface area contributed by atoms with E-state index in [0.717, 1.165) is 16.8 Å². The molecule has 2 rings (SSSR count). The van der Waals surface area contributed by atoms with E-state index in [4.69, 9.17) is 0 Å². The van der Waals surface area contributed by atoms with Gasteiger partial charge in [-0.25, -0.2) is 0 Å². The number of carbonyl (C=O) groups is 1. The summed E-state index contributed by atoms with van der Waals surface area (Å²) in [6.45, 7) is 2.44. The summed E-state index contributed by atoms with van der Waals surface area (Å²) < 4.78 is 0. The summed E-state index contributed by atoms with van der Waals surface area (Å²) in [5, 5.41) is 9.33. The fourth-order valence-electron chi connectivity index (χ4n) is 1.49. The normalized spacial score (nSPS) is 10.2. The Bertz CT molecular complexity index is 493. The van der Waals surface area contributed by atoms with Crippen molar-refractivity contribution in [1.29, 1.82) is 0 Å². The second-order valence-corrected chi connectivity index (χ2v) is 3.83. The van der Waals surface area contributed by atoms with Crippen LogP contribution in [0.1, 0.15) is 16.8 Å². The van der Waals surface area contributed by atoms with Crippen molar-refractivity contribution in [3.8, 4) is 0 Å². The van der Waals surface area contributed by atoms with E-state index in [9.17, 15) is 4.79 Å². The zero-order valence-corrected chi connectivity index (χ0v) is 9.60. The second kappa shape index (κ2) is 5.25. The van der Waals surface area contributed by atoms with E-state index in [1.165, 1.54) is 0 Å². The molecule has 0 aliphatic heterocycles. The molecule has 0 unspecified atom stereocenters. The van der Waals surface area contributed by atoms with Crippen LogP contribution >= 0.6 is 0 Å². The van der Waals surface area contributed by atoms with Crippen molar-refractivity contribution in [2.24, 2.45) is 0 Å². The molecule has 0 aromatic carbocycles. The van der Waals surface area contributed by atoms with Crippen LogP contribution in [0.15, 0.2) is 30.7 Å². The molecule has 0 spiro atoms. The van der Waals surface area contributed by atoms with Gasteiger partial charge in [0.1, 0.15) is 0 Å². The van der Waals surface area contributed by atoms with Crippen molar-refractivity contribution < 1.29 is 4.79 Å². The van der Waals surface area contributed by atoms with E-state index in [2.05, 4.69) is 20.5 Å². The molecule has 2 heterocycles. The van der Waals surface area contributed by atoms with Gasteiger partial charge in [-0.3, -0.25) is 14.9 Å². The average Bonchev–Trinajstić information content (AvgIpc) is 2.82. The number of amides is 1. The largest absolute Gasteiger partial charge is 0.352 e. The third kappa shape index (κ3) is 3.14. The van der Waals surface area contributed by atoms with Gasteiger partial charge >= 0.3 is 0 Å². The van der Waals surface area contributed by atoms with Crippen LogP contribution in [0.4, 0.5) is 0 Å². The lowest BCUT2D eigenvalue weighted by molar-refractivity contribution is -0.120. The highest BCUT2D eigenvalue weighted by Gasteiger charge is 2.06. The van der Waals surface area contributed by atoms with E-state index in [-0.39, 0.29) is 5.91 Å². The third-order valence-corrected chi connectivity index (χ3v) is 2.49. The molecule has 17 heavy (non-hydrogen) atoms.